The van der Waals surface area contributed by atoms with E-state index in [1.54, 1.807) is 43.4 Å². The lowest BCUT2D eigenvalue weighted by Crippen LogP contribution is -2.30. The van der Waals surface area contributed by atoms with Crippen molar-refractivity contribution in [2.45, 2.75) is 6.54 Å². The van der Waals surface area contributed by atoms with Crippen LogP contribution in [0.3, 0.4) is 0 Å². The summed E-state index contributed by atoms with van der Waals surface area (Å²) < 4.78 is 12.8. The van der Waals surface area contributed by atoms with Gasteiger partial charge in [0.15, 0.2) is 0 Å². The highest BCUT2D eigenvalue weighted by atomic mass is 35.5. The molecule has 0 fully saturated rings. The van der Waals surface area contributed by atoms with Crippen LogP contribution >= 0.6 is 11.6 Å². The number of nitrogens with zero attached hydrogens (tertiary/aromatic N) is 1. The van der Waals surface area contributed by atoms with Gasteiger partial charge in [-0.2, -0.15) is 0 Å². The molecule has 104 valence electrons. The number of hydrogen-bond donors (Lipinski definition) is 1. The molecule has 0 saturated carbocycles. The monoisotopic (exact) mass is 292 g/mol. The maximum atomic E-state index is 12.8. The lowest BCUT2D eigenvalue weighted by Gasteiger charge is -2.18. The molecule has 0 aliphatic rings. The summed E-state index contributed by atoms with van der Waals surface area (Å²) in [7, 11) is 1.68. The molecule has 0 aliphatic heterocycles. The fourth-order valence-electron chi connectivity index (χ4n) is 1.69. The summed E-state index contributed by atoms with van der Waals surface area (Å²) in [6, 6.07) is 12.7. The second-order valence-corrected chi connectivity index (χ2v) is 4.86. The molecule has 0 spiro atoms. The highest BCUT2D eigenvalue weighted by Gasteiger charge is 2.09. The lowest BCUT2D eigenvalue weighted by molar-refractivity contribution is 0.220. The molecule has 2 aromatic carbocycles. The van der Waals surface area contributed by atoms with Crippen molar-refractivity contribution in [1.82, 2.24) is 4.90 Å². The van der Waals surface area contributed by atoms with Crippen LogP contribution in [0.2, 0.25) is 5.02 Å². The first-order valence-corrected chi connectivity index (χ1v) is 6.44. The van der Waals surface area contributed by atoms with Crippen LogP contribution in [-0.4, -0.2) is 18.0 Å². The van der Waals surface area contributed by atoms with Gasteiger partial charge in [0.05, 0.1) is 0 Å². The van der Waals surface area contributed by atoms with Gasteiger partial charge >= 0.3 is 6.03 Å². The number of amides is 2. The first kappa shape index (κ1) is 14.3. The van der Waals surface area contributed by atoms with Gasteiger partial charge in [-0.25, -0.2) is 9.18 Å². The molecule has 2 amide bonds. The minimum atomic E-state index is -0.290. The van der Waals surface area contributed by atoms with E-state index in [1.807, 2.05) is 0 Å². The van der Waals surface area contributed by atoms with E-state index in [2.05, 4.69) is 5.32 Å². The van der Waals surface area contributed by atoms with Gasteiger partial charge in [0, 0.05) is 24.3 Å². The van der Waals surface area contributed by atoms with Crippen molar-refractivity contribution in [2.24, 2.45) is 0 Å². The standard InChI is InChI=1S/C15H14ClFN2O/c1-19(10-11-2-6-13(17)7-3-11)15(20)18-14-8-4-12(16)5-9-14/h2-9H,10H2,1H3,(H,18,20). The molecular weight excluding hydrogens is 279 g/mol. The minimum absolute atomic E-state index is 0.239. The number of hydrogen-bond acceptors (Lipinski definition) is 1. The number of urea groups is 1. The molecular formula is C15H14ClFN2O. The number of carbonyl (C=O) groups excluding carboxylic acids is 1. The summed E-state index contributed by atoms with van der Waals surface area (Å²) in [6.07, 6.45) is 0. The molecule has 0 bridgehead atoms. The highest BCUT2D eigenvalue weighted by Crippen LogP contribution is 2.14. The van der Waals surface area contributed by atoms with Crippen LogP contribution in [0, 0.1) is 5.82 Å². The molecule has 0 saturated heterocycles. The van der Waals surface area contributed by atoms with E-state index in [0.717, 1.165) is 5.56 Å². The van der Waals surface area contributed by atoms with E-state index in [0.29, 0.717) is 17.3 Å². The van der Waals surface area contributed by atoms with Crippen LogP contribution in [-0.2, 0) is 6.54 Å². The van der Waals surface area contributed by atoms with E-state index < -0.39 is 0 Å². The van der Waals surface area contributed by atoms with Crippen molar-refractivity contribution < 1.29 is 9.18 Å². The molecule has 0 radical (unpaired) electrons. The van der Waals surface area contributed by atoms with E-state index in [4.69, 9.17) is 11.6 Å². The summed E-state index contributed by atoms with van der Waals surface area (Å²) >= 11 is 5.78. The molecule has 0 aromatic heterocycles. The molecule has 2 rings (SSSR count). The zero-order valence-corrected chi connectivity index (χ0v) is 11.7. The second-order valence-electron chi connectivity index (χ2n) is 4.42. The third kappa shape index (κ3) is 3.96. The minimum Gasteiger partial charge on any atom is -0.323 e. The Hall–Kier alpha value is -2.07. The maximum absolute atomic E-state index is 12.8. The van der Waals surface area contributed by atoms with Gasteiger partial charge in [-0.1, -0.05) is 23.7 Å². The Kier molecular flexibility index (Phi) is 4.58. The Morgan fingerprint density at radius 1 is 1.15 bits per heavy atom. The molecule has 2 aromatic rings. The lowest BCUT2D eigenvalue weighted by atomic mass is 10.2. The fraction of sp³-hybridized carbons (Fsp3) is 0.133. The number of anilines is 1. The third-order valence-electron chi connectivity index (χ3n) is 2.78. The van der Waals surface area contributed by atoms with Crippen LogP contribution in [0.1, 0.15) is 5.56 Å². The highest BCUT2D eigenvalue weighted by molar-refractivity contribution is 6.30. The van der Waals surface area contributed by atoms with E-state index in [9.17, 15) is 9.18 Å². The Labute approximate surface area is 122 Å². The Bertz CT molecular complexity index is 584. The van der Waals surface area contributed by atoms with Crippen molar-refractivity contribution >= 4 is 23.3 Å². The van der Waals surface area contributed by atoms with Gasteiger partial charge in [-0.3, -0.25) is 0 Å². The van der Waals surface area contributed by atoms with Crippen LogP contribution in [0.5, 0.6) is 0 Å². The zero-order valence-electron chi connectivity index (χ0n) is 10.9. The SMILES string of the molecule is CN(Cc1ccc(F)cc1)C(=O)Nc1ccc(Cl)cc1. The largest absolute Gasteiger partial charge is 0.323 e. The number of halogens is 2. The van der Waals surface area contributed by atoms with Crippen molar-refractivity contribution in [3.05, 3.63) is 64.9 Å². The first-order chi connectivity index (χ1) is 9.54. The normalized spacial score (nSPS) is 10.2. The quantitative estimate of drug-likeness (QED) is 0.906. The molecule has 0 unspecified atom stereocenters. The first-order valence-electron chi connectivity index (χ1n) is 6.07. The molecule has 5 heteroatoms. The van der Waals surface area contributed by atoms with Crippen LogP contribution in [0.4, 0.5) is 14.9 Å². The van der Waals surface area contributed by atoms with Crippen LogP contribution < -0.4 is 5.32 Å². The summed E-state index contributed by atoms with van der Waals surface area (Å²) in [4.78, 5) is 13.5. The average Bonchev–Trinajstić information content (AvgIpc) is 2.44. The zero-order chi connectivity index (χ0) is 14.5. The molecule has 3 nitrogen and oxygen atoms in total. The number of benzene rings is 2. The smallest absolute Gasteiger partial charge is 0.321 e. The molecule has 20 heavy (non-hydrogen) atoms. The van der Waals surface area contributed by atoms with E-state index in [1.165, 1.54) is 17.0 Å². The Morgan fingerprint density at radius 3 is 2.35 bits per heavy atom. The molecule has 0 aliphatic carbocycles. The van der Waals surface area contributed by atoms with Gasteiger partial charge in [0.2, 0.25) is 0 Å². The van der Waals surface area contributed by atoms with Gasteiger partial charge in [-0.05, 0) is 42.0 Å². The van der Waals surface area contributed by atoms with Gasteiger partial charge in [-0.15, -0.1) is 0 Å². The third-order valence-corrected chi connectivity index (χ3v) is 3.03. The second kappa shape index (κ2) is 6.39. The Balaban J connectivity index is 1.94. The van der Waals surface area contributed by atoms with Crippen molar-refractivity contribution in [2.75, 3.05) is 12.4 Å². The van der Waals surface area contributed by atoms with Crippen LogP contribution in [0.25, 0.3) is 0 Å². The van der Waals surface area contributed by atoms with Gasteiger partial charge in [0.25, 0.3) is 0 Å². The predicted octanol–water partition coefficient (Wildman–Crippen LogP) is 4.14. The maximum Gasteiger partial charge on any atom is 0.321 e. The molecule has 0 heterocycles. The molecule has 0 atom stereocenters. The van der Waals surface area contributed by atoms with Crippen LogP contribution in [0.15, 0.2) is 48.5 Å². The molecule has 1 N–H and O–H groups in total. The summed E-state index contributed by atoms with van der Waals surface area (Å²) in [6.45, 7) is 0.402. The summed E-state index contributed by atoms with van der Waals surface area (Å²) in [5, 5.41) is 3.37. The van der Waals surface area contributed by atoms with Gasteiger partial charge in [0.1, 0.15) is 5.82 Å². The van der Waals surface area contributed by atoms with Crippen molar-refractivity contribution in [3.8, 4) is 0 Å². The van der Waals surface area contributed by atoms with E-state index >= 15 is 0 Å². The number of carbonyl (C=O) groups is 1. The summed E-state index contributed by atoms with van der Waals surface area (Å²) in [5.74, 6) is -0.290. The van der Waals surface area contributed by atoms with Gasteiger partial charge < -0.3 is 10.2 Å². The van der Waals surface area contributed by atoms with Crippen molar-refractivity contribution in [1.29, 1.82) is 0 Å². The Morgan fingerprint density at radius 2 is 1.75 bits per heavy atom. The average molecular weight is 293 g/mol. The fourth-order valence-corrected chi connectivity index (χ4v) is 1.81. The van der Waals surface area contributed by atoms with E-state index in [-0.39, 0.29) is 11.8 Å². The predicted molar refractivity (Wildman–Crippen MR) is 78.3 cm³/mol. The van der Waals surface area contributed by atoms with Crippen molar-refractivity contribution in [3.63, 3.8) is 0 Å². The summed E-state index contributed by atoms with van der Waals surface area (Å²) in [5.41, 5.74) is 1.53. The number of nitrogens with one attached hydrogen (secondary N) is 1. The topological polar surface area (TPSA) is 32.3 Å². The number of rotatable bonds is 3.